The molecule has 2 atom stereocenters. The molecule has 1 amide bonds. The molecule has 2 aliphatic rings. The minimum atomic E-state index is -0.689. The van der Waals surface area contributed by atoms with E-state index in [4.69, 9.17) is 5.73 Å². The van der Waals surface area contributed by atoms with Crippen LogP contribution in [0.15, 0.2) is 72.8 Å². The summed E-state index contributed by atoms with van der Waals surface area (Å²) < 4.78 is 0. The van der Waals surface area contributed by atoms with Gasteiger partial charge in [0.1, 0.15) is 0 Å². The Morgan fingerprint density at radius 2 is 1.58 bits per heavy atom. The minimum absolute atomic E-state index is 0.155. The number of nitrogens with one attached hydrogen (secondary N) is 1. The lowest BCUT2D eigenvalue weighted by molar-refractivity contribution is -0.136. The molecule has 1 aliphatic carbocycles. The van der Waals surface area contributed by atoms with Gasteiger partial charge in [0.2, 0.25) is 5.91 Å². The molecule has 1 aliphatic heterocycles. The molecular weight excluding hydrogens is 414 g/mol. The highest BCUT2D eigenvalue weighted by Crippen LogP contribution is 2.34. The van der Waals surface area contributed by atoms with E-state index < -0.39 is 6.04 Å². The zero-order valence-electron chi connectivity index (χ0n) is 18.2. The summed E-state index contributed by atoms with van der Waals surface area (Å²) in [6.45, 7) is 1.61. The summed E-state index contributed by atoms with van der Waals surface area (Å²) in [7, 11) is 0. The second-order valence-electron chi connectivity index (χ2n) is 8.52. The van der Waals surface area contributed by atoms with Crippen LogP contribution >= 0.6 is 0 Å². The van der Waals surface area contributed by atoms with Crippen molar-refractivity contribution in [2.45, 2.75) is 18.5 Å². The quantitative estimate of drug-likeness (QED) is 0.510. The molecular formula is C27H25N3O3. The average Bonchev–Trinajstić information content (AvgIpc) is 2.87. The van der Waals surface area contributed by atoms with E-state index in [0.717, 1.165) is 5.56 Å². The number of hydrogen-bond donors (Lipinski definition) is 2. The van der Waals surface area contributed by atoms with Crippen molar-refractivity contribution in [1.82, 2.24) is 10.2 Å². The van der Waals surface area contributed by atoms with Crippen molar-refractivity contribution in [2.24, 2.45) is 5.73 Å². The first-order valence-electron chi connectivity index (χ1n) is 11.2. The summed E-state index contributed by atoms with van der Waals surface area (Å²) in [6, 6.07) is 20.8. The van der Waals surface area contributed by atoms with Gasteiger partial charge in [-0.1, -0.05) is 72.8 Å². The first kappa shape index (κ1) is 21.2. The van der Waals surface area contributed by atoms with Gasteiger partial charge in [0, 0.05) is 41.9 Å². The number of carbonyl (C=O) groups is 3. The number of nitrogens with zero attached hydrogens (tertiary/aromatic N) is 1. The van der Waals surface area contributed by atoms with E-state index >= 15 is 0 Å². The number of amides is 1. The standard InChI is InChI=1S/C27H25N3O3/c28-22(15-17-7-2-1-3-8-17)27(33)30-14-13-29-16-23(30)20-11-6-12-21-24(20)26(32)19-10-5-4-9-18(19)25(21)31/h1-12,22-23,29H,13-16,28H2/t22-,23?/m0/s1. The lowest BCUT2D eigenvalue weighted by Crippen LogP contribution is -2.54. The largest absolute Gasteiger partial charge is 0.332 e. The van der Waals surface area contributed by atoms with Gasteiger partial charge < -0.3 is 16.0 Å². The predicted octanol–water partition coefficient (Wildman–Crippen LogP) is 2.50. The molecule has 0 saturated carbocycles. The third-order valence-electron chi connectivity index (χ3n) is 6.49. The zero-order chi connectivity index (χ0) is 22.9. The first-order chi connectivity index (χ1) is 16.1. The van der Waals surface area contributed by atoms with Crippen LogP contribution in [0.3, 0.4) is 0 Å². The van der Waals surface area contributed by atoms with E-state index in [-0.39, 0.29) is 23.5 Å². The van der Waals surface area contributed by atoms with Gasteiger partial charge >= 0.3 is 0 Å². The number of rotatable bonds is 4. The minimum Gasteiger partial charge on any atom is -0.332 e. The maximum absolute atomic E-state index is 13.5. The van der Waals surface area contributed by atoms with Crippen molar-refractivity contribution in [3.63, 3.8) is 0 Å². The van der Waals surface area contributed by atoms with Crippen LogP contribution in [-0.4, -0.2) is 48.0 Å². The summed E-state index contributed by atoms with van der Waals surface area (Å²) >= 11 is 0. The van der Waals surface area contributed by atoms with Crippen LogP contribution in [0, 0.1) is 0 Å². The van der Waals surface area contributed by atoms with Crippen LogP contribution in [0.5, 0.6) is 0 Å². The number of hydrogen-bond acceptors (Lipinski definition) is 5. The Bertz CT molecular complexity index is 1240. The number of carbonyl (C=O) groups excluding carboxylic acids is 3. The van der Waals surface area contributed by atoms with Crippen molar-refractivity contribution in [3.05, 3.63) is 106 Å². The van der Waals surface area contributed by atoms with Crippen LogP contribution in [0.25, 0.3) is 0 Å². The number of piperazine rings is 1. The van der Waals surface area contributed by atoms with Crippen LogP contribution < -0.4 is 11.1 Å². The summed E-state index contributed by atoms with van der Waals surface area (Å²) in [4.78, 5) is 41.8. The molecule has 3 N–H and O–H groups in total. The summed E-state index contributed by atoms with van der Waals surface area (Å²) in [5.41, 5.74) is 9.64. The Hall–Kier alpha value is -3.61. The highest BCUT2D eigenvalue weighted by Gasteiger charge is 2.37. The van der Waals surface area contributed by atoms with Crippen molar-refractivity contribution in [1.29, 1.82) is 0 Å². The Morgan fingerprint density at radius 3 is 2.33 bits per heavy atom. The fourth-order valence-corrected chi connectivity index (χ4v) is 4.86. The molecule has 166 valence electrons. The van der Waals surface area contributed by atoms with Crippen LogP contribution in [-0.2, 0) is 11.2 Å². The van der Waals surface area contributed by atoms with Gasteiger partial charge in [-0.3, -0.25) is 14.4 Å². The molecule has 33 heavy (non-hydrogen) atoms. The summed E-state index contributed by atoms with van der Waals surface area (Å²) in [6.07, 6.45) is 0.439. The Labute approximate surface area is 192 Å². The molecule has 5 rings (SSSR count). The maximum Gasteiger partial charge on any atom is 0.240 e. The van der Waals surface area contributed by atoms with Crippen LogP contribution in [0.4, 0.5) is 0 Å². The lowest BCUT2D eigenvalue weighted by Gasteiger charge is -2.39. The smallest absolute Gasteiger partial charge is 0.240 e. The normalized spacial score (nSPS) is 18.5. The van der Waals surface area contributed by atoms with E-state index in [1.165, 1.54) is 0 Å². The van der Waals surface area contributed by atoms with Gasteiger partial charge in [-0.2, -0.15) is 0 Å². The second kappa shape index (κ2) is 8.73. The predicted molar refractivity (Wildman–Crippen MR) is 125 cm³/mol. The van der Waals surface area contributed by atoms with E-state index in [9.17, 15) is 14.4 Å². The van der Waals surface area contributed by atoms with Crippen molar-refractivity contribution < 1.29 is 14.4 Å². The SMILES string of the molecule is N[C@@H](Cc1ccccc1)C(=O)N1CCNCC1c1cccc2c1C(=O)c1ccccc1C2=O. The lowest BCUT2D eigenvalue weighted by atomic mass is 9.80. The average molecular weight is 440 g/mol. The summed E-state index contributed by atoms with van der Waals surface area (Å²) in [5.74, 6) is -0.496. The maximum atomic E-state index is 13.5. The molecule has 6 nitrogen and oxygen atoms in total. The molecule has 0 bridgehead atoms. The molecule has 1 heterocycles. The fraction of sp³-hybridized carbons (Fsp3) is 0.222. The number of fused-ring (bicyclic) bond motifs is 2. The molecule has 0 aromatic heterocycles. The van der Waals surface area contributed by atoms with Gasteiger partial charge in [-0.25, -0.2) is 0 Å². The molecule has 0 radical (unpaired) electrons. The number of ketones is 2. The zero-order valence-corrected chi connectivity index (χ0v) is 18.2. The molecule has 6 heteroatoms. The number of benzene rings is 3. The third-order valence-corrected chi connectivity index (χ3v) is 6.49. The molecule has 1 saturated heterocycles. The highest BCUT2D eigenvalue weighted by molar-refractivity contribution is 6.28. The van der Waals surface area contributed by atoms with Crippen molar-refractivity contribution in [3.8, 4) is 0 Å². The molecule has 1 fully saturated rings. The van der Waals surface area contributed by atoms with Crippen LogP contribution in [0.2, 0.25) is 0 Å². The van der Waals surface area contributed by atoms with Gasteiger partial charge in [-0.15, -0.1) is 0 Å². The van der Waals surface area contributed by atoms with Gasteiger partial charge in [0.15, 0.2) is 11.6 Å². The Kier molecular flexibility index (Phi) is 5.62. The monoisotopic (exact) mass is 439 g/mol. The van der Waals surface area contributed by atoms with E-state index in [0.29, 0.717) is 53.9 Å². The van der Waals surface area contributed by atoms with Crippen molar-refractivity contribution >= 4 is 17.5 Å². The van der Waals surface area contributed by atoms with Gasteiger partial charge in [-0.05, 0) is 17.5 Å². The first-order valence-corrected chi connectivity index (χ1v) is 11.2. The van der Waals surface area contributed by atoms with Gasteiger partial charge in [0.05, 0.1) is 12.1 Å². The summed E-state index contributed by atoms with van der Waals surface area (Å²) in [5, 5.41) is 3.33. The van der Waals surface area contributed by atoms with Crippen molar-refractivity contribution in [2.75, 3.05) is 19.6 Å². The van der Waals surface area contributed by atoms with E-state index in [1.807, 2.05) is 36.4 Å². The Balaban J connectivity index is 1.50. The molecule has 0 spiro atoms. The Morgan fingerprint density at radius 1 is 0.909 bits per heavy atom. The molecule has 3 aromatic carbocycles. The molecule has 1 unspecified atom stereocenters. The highest BCUT2D eigenvalue weighted by atomic mass is 16.2. The fourth-order valence-electron chi connectivity index (χ4n) is 4.86. The van der Waals surface area contributed by atoms with E-state index in [1.54, 1.807) is 41.3 Å². The second-order valence-corrected chi connectivity index (χ2v) is 8.52. The third kappa shape index (κ3) is 3.77. The van der Waals surface area contributed by atoms with Gasteiger partial charge in [0.25, 0.3) is 0 Å². The van der Waals surface area contributed by atoms with Crippen LogP contribution in [0.1, 0.15) is 49.0 Å². The number of nitrogens with two attached hydrogens (primary N) is 1. The topological polar surface area (TPSA) is 92.5 Å². The van der Waals surface area contributed by atoms with E-state index in [2.05, 4.69) is 5.32 Å². The molecule has 3 aromatic rings.